The van der Waals surface area contributed by atoms with Crippen molar-refractivity contribution in [1.29, 1.82) is 0 Å². The van der Waals surface area contributed by atoms with E-state index < -0.39 is 0 Å². The number of hydrogen-bond acceptors (Lipinski definition) is 5. The molecule has 5 heteroatoms. The second kappa shape index (κ2) is 3.98. The molecule has 2 N–H and O–H groups in total. The smallest absolute Gasteiger partial charge is 0.181 e. The second-order valence-corrected chi connectivity index (χ2v) is 6.28. The maximum atomic E-state index is 5.77. The van der Waals surface area contributed by atoms with E-state index in [1.165, 1.54) is 34.5 Å². The molecule has 1 aliphatic heterocycles. The van der Waals surface area contributed by atoms with Crippen molar-refractivity contribution in [2.75, 3.05) is 18.8 Å². The van der Waals surface area contributed by atoms with Crippen LogP contribution in [0, 0.1) is 0 Å². The maximum Gasteiger partial charge on any atom is 0.181 e. The molecule has 3 heterocycles. The summed E-state index contributed by atoms with van der Waals surface area (Å²) in [4.78, 5) is 9.58. The average molecular weight is 253 g/mol. The van der Waals surface area contributed by atoms with Crippen LogP contribution in [0.25, 0.3) is 9.53 Å². The fraction of sp³-hybridized carbons (Fsp3) is 0.545. The molecule has 1 aliphatic rings. The van der Waals surface area contributed by atoms with Gasteiger partial charge in [-0.15, -0.1) is 11.3 Å². The van der Waals surface area contributed by atoms with E-state index in [2.05, 4.69) is 16.8 Å². The Hall–Kier alpha value is -0.650. The Morgan fingerprint density at radius 3 is 3.12 bits per heavy atom. The lowest BCUT2D eigenvalue weighted by Crippen LogP contribution is -2.22. The largest absolute Gasteiger partial charge is 0.375 e. The highest BCUT2D eigenvalue weighted by Crippen LogP contribution is 2.38. The summed E-state index contributed by atoms with van der Waals surface area (Å²) in [5.74, 6) is 0. The molecule has 0 saturated carbocycles. The standard InChI is InChI=1S/C11H15N3S2/c1-2-14-5-3-4-8-7(6-14)9-10(15-8)13-11(12)16-9/h2-6H2,1H3,(H2,12,13). The fourth-order valence-electron chi connectivity index (χ4n) is 2.28. The molecule has 0 spiro atoms. The van der Waals surface area contributed by atoms with E-state index in [1.54, 1.807) is 11.3 Å². The predicted octanol–water partition coefficient (Wildman–Crippen LogP) is 2.71. The Kier molecular flexibility index (Phi) is 2.61. The number of aromatic nitrogens is 1. The van der Waals surface area contributed by atoms with Crippen LogP contribution >= 0.6 is 22.7 Å². The van der Waals surface area contributed by atoms with Crippen LogP contribution < -0.4 is 5.73 Å². The zero-order chi connectivity index (χ0) is 11.1. The van der Waals surface area contributed by atoms with E-state index >= 15 is 0 Å². The van der Waals surface area contributed by atoms with E-state index in [1.807, 2.05) is 11.3 Å². The van der Waals surface area contributed by atoms with E-state index in [-0.39, 0.29) is 0 Å². The minimum atomic E-state index is 0.705. The number of nitrogens with zero attached hydrogens (tertiary/aromatic N) is 2. The molecule has 0 amide bonds. The molecule has 0 bridgehead atoms. The highest BCUT2D eigenvalue weighted by atomic mass is 32.1. The third-order valence-corrected chi connectivity index (χ3v) is 5.41. The van der Waals surface area contributed by atoms with Gasteiger partial charge in [0.25, 0.3) is 0 Å². The van der Waals surface area contributed by atoms with Crippen molar-refractivity contribution >= 4 is 37.3 Å². The van der Waals surface area contributed by atoms with Crippen molar-refractivity contribution < 1.29 is 0 Å². The molecule has 16 heavy (non-hydrogen) atoms. The van der Waals surface area contributed by atoms with Crippen molar-refractivity contribution in [1.82, 2.24) is 9.88 Å². The van der Waals surface area contributed by atoms with Crippen LogP contribution in [-0.4, -0.2) is 23.0 Å². The number of hydrogen-bond donors (Lipinski definition) is 1. The highest BCUT2D eigenvalue weighted by Gasteiger charge is 2.20. The Morgan fingerprint density at radius 2 is 2.31 bits per heavy atom. The van der Waals surface area contributed by atoms with Gasteiger partial charge < -0.3 is 5.73 Å². The third-order valence-electron chi connectivity index (χ3n) is 3.15. The summed E-state index contributed by atoms with van der Waals surface area (Å²) in [6, 6.07) is 0. The molecule has 2 aromatic rings. The van der Waals surface area contributed by atoms with Gasteiger partial charge in [0.15, 0.2) is 5.13 Å². The van der Waals surface area contributed by atoms with Gasteiger partial charge in [-0.25, -0.2) is 4.98 Å². The molecule has 0 radical (unpaired) electrons. The van der Waals surface area contributed by atoms with E-state index in [9.17, 15) is 0 Å². The number of fused-ring (bicyclic) bond motifs is 3. The molecule has 0 unspecified atom stereocenters. The van der Waals surface area contributed by atoms with Gasteiger partial charge in [0, 0.05) is 11.4 Å². The fourth-order valence-corrected chi connectivity index (χ4v) is 4.58. The molecule has 0 atom stereocenters. The van der Waals surface area contributed by atoms with Crippen LogP contribution in [0.1, 0.15) is 23.8 Å². The number of rotatable bonds is 1. The molecule has 0 fully saturated rings. The number of thiophene rings is 1. The first-order valence-electron chi connectivity index (χ1n) is 5.67. The number of aryl methyl sites for hydroxylation is 1. The van der Waals surface area contributed by atoms with E-state index in [0.29, 0.717) is 5.13 Å². The normalized spacial score (nSPS) is 17.6. The molecular formula is C11H15N3S2. The van der Waals surface area contributed by atoms with Gasteiger partial charge in [-0.05, 0) is 31.5 Å². The van der Waals surface area contributed by atoms with Gasteiger partial charge in [-0.1, -0.05) is 18.3 Å². The molecule has 86 valence electrons. The first-order valence-corrected chi connectivity index (χ1v) is 7.30. The topological polar surface area (TPSA) is 42.2 Å². The lowest BCUT2D eigenvalue weighted by Gasteiger charge is -2.16. The molecule has 3 rings (SSSR count). The number of thiazole rings is 1. The summed E-state index contributed by atoms with van der Waals surface area (Å²) in [7, 11) is 0. The van der Waals surface area contributed by atoms with Crippen molar-refractivity contribution in [3.8, 4) is 0 Å². The first kappa shape index (κ1) is 10.5. The Labute approximate surface area is 103 Å². The van der Waals surface area contributed by atoms with E-state index in [0.717, 1.165) is 17.9 Å². The van der Waals surface area contributed by atoms with Gasteiger partial charge >= 0.3 is 0 Å². The van der Waals surface area contributed by atoms with Crippen LogP contribution in [0.3, 0.4) is 0 Å². The van der Waals surface area contributed by atoms with Gasteiger partial charge in [0.1, 0.15) is 4.83 Å². The average Bonchev–Trinajstić information content (AvgIpc) is 2.68. The summed E-state index contributed by atoms with van der Waals surface area (Å²) in [5.41, 5.74) is 7.27. The quantitative estimate of drug-likeness (QED) is 0.849. The van der Waals surface area contributed by atoms with Crippen molar-refractivity contribution in [3.05, 3.63) is 10.4 Å². The number of nitrogen functional groups attached to an aromatic ring is 1. The minimum absolute atomic E-state index is 0.705. The van der Waals surface area contributed by atoms with Crippen LogP contribution in [0.2, 0.25) is 0 Å². The third kappa shape index (κ3) is 1.63. The van der Waals surface area contributed by atoms with Crippen LogP contribution in [0.15, 0.2) is 0 Å². The van der Waals surface area contributed by atoms with Crippen molar-refractivity contribution in [2.45, 2.75) is 26.3 Å². The molecule has 0 aromatic carbocycles. The van der Waals surface area contributed by atoms with Gasteiger partial charge in [0.2, 0.25) is 0 Å². The van der Waals surface area contributed by atoms with Crippen molar-refractivity contribution in [2.24, 2.45) is 0 Å². The van der Waals surface area contributed by atoms with Crippen LogP contribution in [0.4, 0.5) is 5.13 Å². The Morgan fingerprint density at radius 1 is 1.44 bits per heavy atom. The van der Waals surface area contributed by atoms with Gasteiger partial charge in [-0.3, -0.25) is 4.90 Å². The summed E-state index contributed by atoms with van der Waals surface area (Å²) < 4.78 is 1.33. The monoisotopic (exact) mass is 253 g/mol. The maximum absolute atomic E-state index is 5.77. The SMILES string of the molecule is CCN1CCCc2sc3nc(N)sc3c2C1. The van der Waals surface area contributed by atoms with E-state index in [4.69, 9.17) is 5.73 Å². The van der Waals surface area contributed by atoms with Crippen LogP contribution in [0.5, 0.6) is 0 Å². The van der Waals surface area contributed by atoms with Gasteiger partial charge in [-0.2, -0.15) is 0 Å². The molecular weight excluding hydrogens is 238 g/mol. The lowest BCUT2D eigenvalue weighted by molar-refractivity contribution is 0.285. The molecule has 3 nitrogen and oxygen atoms in total. The lowest BCUT2D eigenvalue weighted by atomic mass is 10.2. The van der Waals surface area contributed by atoms with Gasteiger partial charge in [0.05, 0.1) is 4.70 Å². The first-order chi connectivity index (χ1) is 7.78. The number of anilines is 1. The summed E-state index contributed by atoms with van der Waals surface area (Å²) in [6.07, 6.45) is 2.48. The minimum Gasteiger partial charge on any atom is -0.375 e. The molecule has 0 aliphatic carbocycles. The summed E-state index contributed by atoms with van der Waals surface area (Å²) in [6.45, 7) is 5.65. The second-order valence-electron chi connectivity index (χ2n) is 4.16. The molecule has 2 aromatic heterocycles. The summed E-state index contributed by atoms with van der Waals surface area (Å²) >= 11 is 3.48. The Bertz CT molecular complexity index is 514. The zero-order valence-corrected chi connectivity index (χ0v) is 11.0. The van der Waals surface area contributed by atoms with Crippen molar-refractivity contribution in [3.63, 3.8) is 0 Å². The number of nitrogens with two attached hydrogens (primary N) is 1. The molecule has 0 saturated heterocycles. The summed E-state index contributed by atoms with van der Waals surface area (Å²) in [5, 5.41) is 0.705. The Balaban J connectivity index is 2.10. The zero-order valence-electron chi connectivity index (χ0n) is 9.32. The van der Waals surface area contributed by atoms with Crippen LogP contribution in [-0.2, 0) is 13.0 Å². The highest BCUT2D eigenvalue weighted by molar-refractivity contribution is 7.29. The predicted molar refractivity (Wildman–Crippen MR) is 71.2 cm³/mol.